The Hall–Kier alpha value is -3.47. The van der Waals surface area contributed by atoms with Crippen molar-refractivity contribution < 1.29 is 4.39 Å². The molecular formula is C29H33FN4. The fourth-order valence-corrected chi connectivity index (χ4v) is 4.92. The van der Waals surface area contributed by atoms with Crippen LogP contribution >= 0.6 is 0 Å². The van der Waals surface area contributed by atoms with Gasteiger partial charge in [0.05, 0.1) is 17.6 Å². The van der Waals surface area contributed by atoms with Crippen LogP contribution in [0.2, 0.25) is 0 Å². The number of rotatable bonds is 5. The molecule has 5 heteroatoms. The number of piperidine rings is 1. The molecule has 1 aromatic heterocycles. The van der Waals surface area contributed by atoms with Gasteiger partial charge in [0.2, 0.25) is 0 Å². The summed E-state index contributed by atoms with van der Waals surface area (Å²) in [6.07, 6.45) is 11.9. The van der Waals surface area contributed by atoms with Crippen LogP contribution in [0.15, 0.2) is 78.3 Å². The minimum absolute atomic E-state index is 0.223. The first-order chi connectivity index (χ1) is 16.4. The highest BCUT2D eigenvalue weighted by Gasteiger charge is 2.39. The van der Waals surface area contributed by atoms with Gasteiger partial charge in [-0.15, -0.1) is 0 Å². The molecule has 1 atom stereocenters. The van der Waals surface area contributed by atoms with Crippen LogP contribution in [-0.4, -0.2) is 27.3 Å². The molecule has 0 radical (unpaired) electrons. The van der Waals surface area contributed by atoms with Gasteiger partial charge in [0.15, 0.2) is 0 Å². The number of aliphatic imine (C=N–C) groups is 1. The number of halogens is 1. The summed E-state index contributed by atoms with van der Waals surface area (Å²) in [5, 5.41) is 0. The molecule has 0 amide bonds. The van der Waals surface area contributed by atoms with Gasteiger partial charge in [-0.3, -0.25) is 4.99 Å². The molecule has 1 unspecified atom stereocenters. The summed E-state index contributed by atoms with van der Waals surface area (Å²) >= 11 is 0. The van der Waals surface area contributed by atoms with Gasteiger partial charge in [0.25, 0.3) is 0 Å². The Morgan fingerprint density at radius 2 is 2.00 bits per heavy atom. The van der Waals surface area contributed by atoms with Crippen molar-refractivity contribution in [1.82, 2.24) is 14.5 Å². The topological polar surface area (TPSA) is 33.4 Å². The Labute approximate surface area is 202 Å². The van der Waals surface area contributed by atoms with E-state index >= 15 is 0 Å². The minimum atomic E-state index is -0.333. The Morgan fingerprint density at radius 3 is 2.65 bits per heavy atom. The van der Waals surface area contributed by atoms with Crippen LogP contribution in [0.3, 0.4) is 0 Å². The summed E-state index contributed by atoms with van der Waals surface area (Å²) in [7, 11) is 1.81. The second-order valence-corrected chi connectivity index (χ2v) is 9.12. The van der Waals surface area contributed by atoms with Crippen LogP contribution in [-0.2, 0) is 12.0 Å². The maximum Gasteiger partial charge on any atom is 0.128 e. The first-order valence-electron chi connectivity index (χ1n) is 11.9. The van der Waals surface area contributed by atoms with Crippen LogP contribution in [0.4, 0.5) is 4.39 Å². The van der Waals surface area contributed by atoms with Crippen LogP contribution in [0.1, 0.15) is 55.5 Å². The average Bonchev–Trinajstić information content (AvgIpc) is 3.27. The van der Waals surface area contributed by atoms with E-state index in [9.17, 15) is 4.39 Å². The molecule has 2 heterocycles. The maximum absolute atomic E-state index is 13.6. The van der Waals surface area contributed by atoms with Gasteiger partial charge >= 0.3 is 0 Å². The van der Waals surface area contributed by atoms with E-state index < -0.39 is 0 Å². The number of likely N-dealkylation sites (tertiary alicyclic amines) is 1. The molecule has 3 aromatic rings. The zero-order chi connectivity index (χ0) is 24.3. The lowest BCUT2D eigenvalue weighted by Gasteiger charge is -2.47. The van der Waals surface area contributed by atoms with E-state index in [0.29, 0.717) is 0 Å². The molecule has 176 valence electrons. The van der Waals surface area contributed by atoms with E-state index in [1.165, 1.54) is 17.7 Å². The highest BCUT2D eigenvalue weighted by atomic mass is 19.1. The Balaban J connectivity index is 1.65. The van der Waals surface area contributed by atoms with E-state index in [0.717, 1.165) is 59.7 Å². The van der Waals surface area contributed by atoms with Crippen molar-refractivity contribution in [2.75, 3.05) is 7.05 Å². The van der Waals surface area contributed by atoms with E-state index in [1.54, 1.807) is 0 Å². The van der Waals surface area contributed by atoms with Crippen LogP contribution < -0.4 is 0 Å². The van der Waals surface area contributed by atoms with Crippen molar-refractivity contribution in [2.45, 2.75) is 52.0 Å². The average molecular weight is 457 g/mol. The molecule has 1 aliphatic rings. The van der Waals surface area contributed by atoms with E-state index in [4.69, 9.17) is 0 Å². The highest BCUT2D eigenvalue weighted by molar-refractivity contribution is 5.98. The summed E-state index contributed by atoms with van der Waals surface area (Å²) in [6.45, 7) is 10.7. The van der Waals surface area contributed by atoms with Gasteiger partial charge in [-0.25, -0.2) is 9.37 Å². The fourth-order valence-electron chi connectivity index (χ4n) is 4.92. The lowest BCUT2D eigenvalue weighted by molar-refractivity contribution is 0.181. The molecule has 1 fully saturated rings. The molecule has 2 aromatic carbocycles. The quantitative estimate of drug-likeness (QED) is 0.311. The molecule has 0 N–H and O–H groups in total. The van der Waals surface area contributed by atoms with Crippen molar-refractivity contribution in [2.24, 2.45) is 4.99 Å². The van der Waals surface area contributed by atoms with Gasteiger partial charge in [0, 0.05) is 24.6 Å². The van der Waals surface area contributed by atoms with Crippen molar-refractivity contribution >= 4 is 11.9 Å². The zero-order valence-corrected chi connectivity index (χ0v) is 20.6. The third kappa shape index (κ3) is 4.60. The largest absolute Gasteiger partial charge is 0.321 e. The maximum atomic E-state index is 13.6. The molecular weight excluding hydrogens is 423 g/mol. The Bertz CT molecular complexity index is 1240. The van der Waals surface area contributed by atoms with Gasteiger partial charge in [-0.05, 0) is 86.6 Å². The lowest BCUT2D eigenvalue weighted by atomic mass is 9.81. The molecule has 4 nitrogen and oxygen atoms in total. The van der Waals surface area contributed by atoms with E-state index in [1.807, 2.05) is 38.6 Å². The van der Waals surface area contributed by atoms with Crippen molar-refractivity contribution in [3.8, 4) is 5.69 Å². The monoisotopic (exact) mass is 456 g/mol. The first kappa shape index (κ1) is 23.7. The number of amidine groups is 1. The lowest BCUT2D eigenvalue weighted by Crippen LogP contribution is -2.48. The minimum Gasteiger partial charge on any atom is -0.321 e. The summed E-state index contributed by atoms with van der Waals surface area (Å²) in [6, 6.07) is 13.3. The van der Waals surface area contributed by atoms with E-state index in [2.05, 4.69) is 70.2 Å². The predicted molar refractivity (Wildman–Crippen MR) is 139 cm³/mol. The molecule has 0 saturated carbocycles. The number of hydrogen-bond acceptors (Lipinski definition) is 2. The number of hydrogen-bond donors (Lipinski definition) is 0. The molecule has 1 aliphatic heterocycles. The molecule has 0 aliphatic carbocycles. The number of aryl methyl sites for hydroxylation is 2. The first-order valence-corrected chi connectivity index (χ1v) is 11.9. The second-order valence-electron chi connectivity index (χ2n) is 9.12. The SMILES string of the molecule is C=C1CCCC(C)(c2ccc(F)cc2)N1C(/C=C/c1ccc(-n2cnc(C)c2)c(CC)c1)=NC. The number of allylic oxidation sites excluding steroid dienone is 1. The Morgan fingerprint density at radius 1 is 1.24 bits per heavy atom. The van der Waals surface area contributed by atoms with Crippen LogP contribution in [0.25, 0.3) is 11.8 Å². The molecule has 1 saturated heterocycles. The third-order valence-corrected chi connectivity index (χ3v) is 6.76. The summed E-state index contributed by atoms with van der Waals surface area (Å²) in [5.41, 5.74) is 6.29. The van der Waals surface area contributed by atoms with E-state index in [-0.39, 0.29) is 11.4 Å². The molecule has 34 heavy (non-hydrogen) atoms. The second kappa shape index (κ2) is 9.80. The van der Waals surface area contributed by atoms with Gasteiger partial charge in [-0.1, -0.05) is 37.8 Å². The summed E-state index contributed by atoms with van der Waals surface area (Å²) < 4.78 is 15.7. The predicted octanol–water partition coefficient (Wildman–Crippen LogP) is 6.84. The fraction of sp³-hybridized carbons (Fsp3) is 0.310. The Kier molecular flexibility index (Phi) is 6.82. The molecule has 0 spiro atoms. The van der Waals surface area contributed by atoms with Crippen molar-refractivity contribution in [3.63, 3.8) is 0 Å². The van der Waals surface area contributed by atoms with Crippen LogP contribution in [0.5, 0.6) is 0 Å². The number of aromatic nitrogens is 2. The standard InChI is InChI=1S/C29H33FN4/c1-6-24-18-23(9-15-27(24)33-19-21(2)32-20-33)10-16-28(31-5)34-22(3)8-7-17-29(34,4)25-11-13-26(30)14-12-25/h9-16,18-20H,3,6-8,17H2,1-2,4-5H3/b16-10+,31-28?. The molecule has 4 rings (SSSR count). The zero-order valence-electron chi connectivity index (χ0n) is 20.6. The summed E-state index contributed by atoms with van der Waals surface area (Å²) in [5.74, 6) is 0.628. The van der Waals surface area contributed by atoms with Gasteiger partial charge in [-0.2, -0.15) is 0 Å². The normalized spacial score (nSPS) is 19.3. The van der Waals surface area contributed by atoms with Crippen LogP contribution in [0, 0.1) is 12.7 Å². The molecule has 0 bridgehead atoms. The number of benzene rings is 2. The highest BCUT2D eigenvalue weighted by Crippen LogP contribution is 2.42. The smallest absolute Gasteiger partial charge is 0.128 e. The van der Waals surface area contributed by atoms with Crippen molar-refractivity contribution in [3.05, 3.63) is 102 Å². The van der Waals surface area contributed by atoms with Gasteiger partial charge in [0.1, 0.15) is 11.7 Å². The number of nitrogens with zero attached hydrogens (tertiary/aromatic N) is 4. The van der Waals surface area contributed by atoms with Gasteiger partial charge < -0.3 is 9.47 Å². The third-order valence-electron chi connectivity index (χ3n) is 6.76. The number of imidazole rings is 1. The summed E-state index contributed by atoms with van der Waals surface area (Å²) in [4.78, 5) is 11.2. The van der Waals surface area contributed by atoms with Crippen molar-refractivity contribution in [1.29, 1.82) is 0 Å².